The zero-order chi connectivity index (χ0) is 16.1. The molecule has 0 bridgehead atoms. The van der Waals surface area contributed by atoms with Crippen molar-refractivity contribution in [3.8, 4) is 5.75 Å². The average Bonchev–Trinajstić information content (AvgIpc) is 2.92. The number of methoxy groups -OCH3 is 1. The van der Waals surface area contributed by atoms with Gasteiger partial charge in [-0.05, 0) is 26.0 Å². The summed E-state index contributed by atoms with van der Waals surface area (Å²) < 4.78 is 15.1. The Kier molecular flexibility index (Phi) is 4.77. The van der Waals surface area contributed by atoms with Crippen LogP contribution in [0.4, 0.5) is 5.82 Å². The molecule has 7 heteroatoms. The van der Waals surface area contributed by atoms with Crippen LogP contribution >= 0.6 is 0 Å². The van der Waals surface area contributed by atoms with Crippen LogP contribution in [0.15, 0.2) is 34.9 Å². The van der Waals surface area contributed by atoms with Crippen LogP contribution < -0.4 is 10.1 Å². The number of benzene rings is 1. The molecule has 0 radical (unpaired) electrons. The minimum absolute atomic E-state index is 0.252. The van der Waals surface area contributed by atoms with Crippen LogP contribution in [0.3, 0.4) is 0 Å². The predicted molar refractivity (Wildman–Crippen MR) is 77.7 cm³/mol. The molecule has 1 amide bonds. The van der Waals surface area contributed by atoms with E-state index in [1.165, 1.54) is 14.0 Å². The number of aromatic nitrogens is 1. The number of carbonyl (C=O) groups is 2. The highest BCUT2D eigenvalue weighted by Gasteiger charge is 2.21. The molecule has 1 aromatic carbocycles. The van der Waals surface area contributed by atoms with Crippen LogP contribution in [0.2, 0.25) is 0 Å². The van der Waals surface area contributed by atoms with E-state index in [1.807, 2.05) is 0 Å². The molecule has 1 N–H and O–H groups in total. The zero-order valence-corrected chi connectivity index (χ0v) is 12.5. The number of nitrogens with zero attached hydrogens (tertiary/aromatic N) is 1. The third-order valence-corrected chi connectivity index (χ3v) is 2.86. The van der Waals surface area contributed by atoms with Crippen LogP contribution in [0.1, 0.15) is 23.0 Å². The molecule has 0 aliphatic rings. The minimum atomic E-state index is -0.991. The summed E-state index contributed by atoms with van der Waals surface area (Å²) in [5.41, 5.74) is 0.252. The Morgan fingerprint density at radius 3 is 2.68 bits per heavy atom. The van der Waals surface area contributed by atoms with Crippen LogP contribution in [-0.4, -0.2) is 30.2 Å². The van der Waals surface area contributed by atoms with Gasteiger partial charge in [0.1, 0.15) is 17.1 Å². The Morgan fingerprint density at radius 1 is 1.32 bits per heavy atom. The van der Waals surface area contributed by atoms with Gasteiger partial charge in [0, 0.05) is 6.07 Å². The smallest absolute Gasteiger partial charge is 0.342 e. The molecule has 22 heavy (non-hydrogen) atoms. The van der Waals surface area contributed by atoms with Gasteiger partial charge in [-0.25, -0.2) is 4.79 Å². The van der Waals surface area contributed by atoms with E-state index >= 15 is 0 Å². The molecule has 116 valence electrons. The topological polar surface area (TPSA) is 90.7 Å². The van der Waals surface area contributed by atoms with E-state index in [4.69, 9.17) is 14.0 Å². The van der Waals surface area contributed by atoms with Gasteiger partial charge in [-0.1, -0.05) is 17.3 Å². The highest BCUT2D eigenvalue weighted by molar-refractivity contribution is 5.97. The van der Waals surface area contributed by atoms with E-state index in [0.717, 1.165) is 0 Å². The molecule has 0 unspecified atom stereocenters. The Labute approximate surface area is 127 Å². The fraction of sp³-hybridized carbons (Fsp3) is 0.267. The second-order valence-electron chi connectivity index (χ2n) is 4.56. The molecule has 2 rings (SSSR count). The van der Waals surface area contributed by atoms with E-state index in [0.29, 0.717) is 11.5 Å². The summed E-state index contributed by atoms with van der Waals surface area (Å²) in [6.45, 7) is 3.17. The molecule has 0 saturated heterocycles. The first-order chi connectivity index (χ1) is 10.5. The number of hydrogen-bond acceptors (Lipinski definition) is 6. The lowest BCUT2D eigenvalue weighted by molar-refractivity contribution is -0.123. The molecule has 7 nitrogen and oxygen atoms in total. The maximum atomic E-state index is 12.1. The molecular weight excluding hydrogens is 288 g/mol. The fourth-order valence-electron chi connectivity index (χ4n) is 1.74. The number of carbonyl (C=O) groups excluding carboxylic acids is 2. The van der Waals surface area contributed by atoms with Crippen molar-refractivity contribution in [2.75, 3.05) is 12.4 Å². The van der Waals surface area contributed by atoms with E-state index in [1.54, 1.807) is 37.3 Å². The number of rotatable bonds is 5. The molecule has 1 aromatic heterocycles. The minimum Gasteiger partial charge on any atom is -0.496 e. The number of nitrogens with one attached hydrogen (secondary N) is 1. The predicted octanol–water partition coefficient (Wildman–Crippen LogP) is 2.18. The van der Waals surface area contributed by atoms with E-state index in [9.17, 15) is 9.59 Å². The number of aryl methyl sites for hydroxylation is 1. The quantitative estimate of drug-likeness (QED) is 0.851. The Balaban J connectivity index is 2.00. The number of anilines is 1. The lowest BCUT2D eigenvalue weighted by atomic mass is 10.2. The van der Waals surface area contributed by atoms with Crippen LogP contribution in [0, 0.1) is 6.92 Å². The maximum absolute atomic E-state index is 12.1. The zero-order valence-electron chi connectivity index (χ0n) is 12.5. The highest BCUT2D eigenvalue weighted by atomic mass is 16.5. The van der Waals surface area contributed by atoms with Crippen molar-refractivity contribution in [3.63, 3.8) is 0 Å². The Bertz CT molecular complexity index is 680. The van der Waals surface area contributed by atoms with Gasteiger partial charge in [-0.2, -0.15) is 0 Å². The third kappa shape index (κ3) is 3.63. The number of hydrogen-bond donors (Lipinski definition) is 1. The molecule has 2 aromatic rings. The number of para-hydroxylation sites is 1. The summed E-state index contributed by atoms with van der Waals surface area (Å²) in [6.07, 6.45) is -0.991. The first-order valence-corrected chi connectivity index (χ1v) is 6.59. The summed E-state index contributed by atoms with van der Waals surface area (Å²) in [5, 5.41) is 6.13. The summed E-state index contributed by atoms with van der Waals surface area (Å²) in [6, 6.07) is 8.18. The Hall–Kier alpha value is -2.83. The second-order valence-corrected chi connectivity index (χ2v) is 4.56. The van der Waals surface area contributed by atoms with Gasteiger partial charge in [0.05, 0.1) is 7.11 Å². The summed E-state index contributed by atoms with van der Waals surface area (Å²) in [7, 11) is 1.45. The van der Waals surface area contributed by atoms with Gasteiger partial charge >= 0.3 is 5.97 Å². The number of amides is 1. The first kappa shape index (κ1) is 15.6. The first-order valence-electron chi connectivity index (χ1n) is 6.59. The Morgan fingerprint density at radius 2 is 2.05 bits per heavy atom. The highest BCUT2D eigenvalue weighted by Crippen LogP contribution is 2.19. The van der Waals surface area contributed by atoms with Crippen molar-refractivity contribution < 1.29 is 23.6 Å². The van der Waals surface area contributed by atoms with E-state index in [-0.39, 0.29) is 11.4 Å². The molecule has 0 fully saturated rings. The van der Waals surface area contributed by atoms with Gasteiger partial charge in [0.2, 0.25) is 0 Å². The molecule has 0 saturated carbocycles. The van der Waals surface area contributed by atoms with Crippen molar-refractivity contribution in [1.82, 2.24) is 5.16 Å². The van der Waals surface area contributed by atoms with Crippen LogP contribution in [0.25, 0.3) is 0 Å². The van der Waals surface area contributed by atoms with Crippen molar-refractivity contribution in [2.24, 2.45) is 0 Å². The van der Waals surface area contributed by atoms with Crippen molar-refractivity contribution in [3.05, 3.63) is 41.7 Å². The normalized spacial score (nSPS) is 11.6. The monoisotopic (exact) mass is 304 g/mol. The third-order valence-electron chi connectivity index (χ3n) is 2.86. The molecule has 0 spiro atoms. The van der Waals surface area contributed by atoms with Gasteiger partial charge in [-0.15, -0.1) is 0 Å². The van der Waals surface area contributed by atoms with Crippen LogP contribution in [-0.2, 0) is 9.53 Å². The molecule has 0 aliphatic carbocycles. The summed E-state index contributed by atoms with van der Waals surface area (Å²) >= 11 is 0. The van der Waals surface area contributed by atoms with Crippen LogP contribution in [0.5, 0.6) is 5.75 Å². The summed E-state index contributed by atoms with van der Waals surface area (Å²) in [5.74, 6) is 0.0666. The van der Waals surface area contributed by atoms with Gasteiger partial charge in [0.15, 0.2) is 11.9 Å². The van der Waals surface area contributed by atoms with Crippen molar-refractivity contribution in [2.45, 2.75) is 20.0 Å². The fourth-order valence-corrected chi connectivity index (χ4v) is 1.74. The molecule has 0 aliphatic heterocycles. The van der Waals surface area contributed by atoms with Crippen molar-refractivity contribution >= 4 is 17.7 Å². The molecular formula is C15H16N2O5. The maximum Gasteiger partial charge on any atom is 0.342 e. The molecule has 1 atom stereocenters. The molecule has 1 heterocycles. The van der Waals surface area contributed by atoms with Crippen molar-refractivity contribution in [1.29, 1.82) is 0 Å². The average molecular weight is 304 g/mol. The van der Waals surface area contributed by atoms with Gasteiger partial charge in [0.25, 0.3) is 5.91 Å². The van der Waals surface area contributed by atoms with E-state index < -0.39 is 18.0 Å². The largest absolute Gasteiger partial charge is 0.496 e. The summed E-state index contributed by atoms with van der Waals surface area (Å²) in [4.78, 5) is 24.0. The SMILES string of the molecule is COc1ccccc1C(=O)O[C@H](C)C(=O)Nc1cc(C)on1. The number of ether oxygens (including phenoxy) is 2. The number of esters is 1. The standard InChI is InChI=1S/C15H16N2O5/c1-9-8-13(17-22-9)16-14(18)10(2)21-15(19)11-6-4-5-7-12(11)20-3/h4-8,10H,1-3H3,(H,16,17,18)/t10-/m1/s1. The lowest BCUT2D eigenvalue weighted by Crippen LogP contribution is -2.30. The lowest BCUT2D eigenvalue weighted by Gasteiger charge is -2.13. The van der Waals surface area contributed by atoms with Gasteiger partial charge < -0.3 is 19.3 Å². The van der Waals surface area contributed by atoms with E-state index in [2.05, 4.69) is 10.5 Å². The second kappa shape index (κ2) is 6.75. The van der Waals surface area contributed by atoms with Gasteiger partial charge in [-0.3, -0.25) is 4.79 Å².